The van der Waals surface area contributed by atoms with E-state index in [2.05, 4.69) is 29.6 Å². The second kappa shape index (κ2) is 6.38. The number of nitrogens with zero attached hydrogens (tertiary/aromatic N) is 4. The highest BCUT2D eigenvalue weighted by Crippen LogP contribution is 2.26. The van der Waals surface area contributed by atoms with Gasteiger partial charge in [-0.15, -0.1) is 0 Å². The van der Waals surface area contributed by atoms with Crippen LogP contribution in [0.3, 0.4) is 0 Å². The molecule has 0 aliphatic carbocycles. The van der Waals surface area contributed by atoms with Crippen molar-refractivity contribution in [2.45, 2.75) is 19.3 Å². The second-order valence-electron chi connectivity index (χ2n) is 5.03. The SMILES string of the molecule is NSNCCC1CCN(c2ncnc3nc[nH]c23)CC1. The van der Waals surface area contributed by atoms with Crippen molar-refractivity contribution in [3.63, 3.8) is 0 Å². The van der Waals surface area contributed by atoms with Crippen molar-refractivity contribution < 1.29 is 0 Å². The number of anilines is 1. The molecule has 2 aromatic rings. The number of imidazole rings is 1. The van der Waals surface area contributed by atoms with E-state index in [1.807, 2.05) is 0 Å². The molecule has 3 heterocycles. The normalized spacial score (nSPS) is 16.9. The van der Waals surface area contributed by atoms with E-state index in [9.17, 15) is 0 Å². The standard InChI is InChI=1S/C12H19N7S/c13-20-18-4-1-9-2-5-19(6-3-9)12-10-11(15-7-14-10)16-8-17-12/h7-9,18H,1-6,13H2,(H,14,15,16,17). The number of aromatic nitrogens is 4. The van der Waals surface area contributed by atoms with E-state index in [0.29, 0.717) is 0 Å². The van der Waals surface area contributed by atoms with Crippen molar-refractivity contribution in [1.82, 2.24) is 24.7 Å². The van der Waals surface area contributed by atoms with Gasteiger partial charge < -0.3 is 9.88 Å². The highest BCUT2D eigenvalue weighted by atomic mass is 32.2. The average molecular weight is 293 g/mol. The maximum atomic E-state index is 5.36. The molecule has 0 spiro atoms. The minimum absolute atomic E-state index is 0.737. The molecule has 1 fully saturated rings. The lowest BCUT2D eigenvalue weighted by Gasteiger charge is -2.32. The van der Waals surface area contributed by atoms with Gasteiger partial charge in [0.05, 0.1) is 6.33 Å². The van der Waals surface area contributed by atoms with Crippen LogP contribution in [0.5, 0.6) is 0 Å². The number of rotatable bonds is 5. The van der Waals surface area contributed by atoms with Crippen molar-refractivity contribution in [3.05, 3.63) is 12.7 Å². The van der Waals surface area contributed by atoms with E-state index in [1.165, 1.54) is 31.4 Å². The van der Waals surface area contributed by atoms with Crippen molar-refractivity contribution in [3.8, 4) is 0 Å². The van der Waals surface area contributed by atoms with E-state index in [-0.39, 0.29) is 0 Å². The molecule has 1 aliphatic heterocycles. The summed E-state index contributed by atoms with van der Waals surface area (Å²) in [5, 5.41) is 5.36. The summed E-state index contributed by atoms with van der Waals surface area (Å²) in [6.45, 7) is 3.04. The second-order valence-corrected chi connectivity index (χ2v) is 5.55. The first-order valence-electron chi connectivity index (χ1n) is 6.86. The molecular weight excluding hydrogens is 274 g/mol. The van der Waals surface area contributed by atoms with Gasteiger partial charge in [0, 0.05) is 31.8 Å². The van der Waals surface area contributed by atoms with E-state index in [1.54, 1.807) is 12.7 Å². The molecule has 3 rings (SSSR count). The average Bonchev–Trinajstić information content (AvgIpc) is 2.97. The van der Waals surface area contributed by atoms with Crippen LogP contribution < -0.4 is 14.8 Å². The molecule has 1 aliphatic rings. The van der Waals surface area contributed by atoms with Gasteiger partial charge in [-0.3, -0.25) is 9.86 Å². The number of hydrogen-bond acceptors (Lipinski definition) is 7. The largest absolute Gasteiger partial charge is 0.355 e. The van der Waals surface area contributed by atoms with Crippen molar-refractivity contribution in [2.75, 3.05) is 24.5 Å². The minimum atomic E-state index is 0.737. The van der Waals surface area contributed by atoms with Gasteiger partial charge in [0.1, 0.15) is 11.8 Å². The third-order valence-electron chi connectivity index (χ3n) is 3.86. The first kappa shape index (κ1) is 13.6. The van der Waals surface area contributed by atoms with Crippen molar-refractivity contribution >= 4 is 29.1 Å². The Hall–Kier alpha value is -1.38. The summed E-state index contributed by atoms with van der Waals surface area (Å²) in [6.07, 6.45) is 6.83. The third kappa shape index (κ3) is 2.87. The van der Waals surface area contributed by atoms with Crippen LogP contribution in [-0.4, -0.2) is 39.6 Å². The van der Waals surface area contributed by atoms with E-state index >= 15 is 0 Å². The van der Waals surface area contributed by atoms with Gasteiger partial charge in [-0.25, -0.2) is 15.0 Å². The smallest absolute Gasteiger partial charge is 0.182 e. The molecular formula is C12H19N7S. The number of fused-ring (bicyclic) bond motifs is 1. The van der Waals surface area contributed by atoms with Crippen molar-refractivity contribution in [1.29, 1.82) is 0 Å². The molecule has 7 nitrogen and oxygen atoms in total. The summed E-state index contributed by atoms with van der Waals surface area (Å²) in [5.41, 5.74) is 1.67. The maximum Gasteiger partial charge on any atom is 0.182 e. The van der Waals surface area contributed by atoms with Gasteiger partial charge in [-0.2, -0.15) is 0 Å². The van der Waals surface area contributed by atoms with Crippen LogP contribution >= 0.6 is 12.1 Å². The molecule has 0 bridgehead atoms. The molecule has 0 saturated carbocycles. The van der Waals surface area contributed by atoms with Crippen LogP contribution in [0.25, 0.3) is 11.2 Å². The molecule has 1 saturated heterocycles. The van der Waals surface area contributed by atoms with E-state index in [0.717, 1.165) is 42.5 Å². The zero-order valence-electron chi connectivity index (χ0n) is 11.2. The Morgan fingerprint density at radius 2 is 2.20 bits per heavy atom. The number of aromatic amines is 1. The monoisotopic (exact) mass is 293 g/mol. The molecule has 0 amide bonds. The summed E-state index contributed by atoms with van der Waals surface area (Å²) in [7, 11) is 0. The lowest BCUT2D eigenvalue weighted by molar-refractivity contribution is 0.382. The molecule has 8 heteroatoms. The molecule has 0 radical (unpaired) electrons. The fraction of sp³-hybridized carbons (Fsp3) is 0.583. The summed E-state index contributed by atoms with van der Waals surface area (Å²) in [5.74, 6) is 1.74. The molecule has 20 heavy (non-hydrogen) atoms. The van der Waals surface area contributed by atoms with E-state index in [4.69, 9.17) is 5.14 Å². The number of hydrogen-bond donors (Lipinski definition) is 3. The number of nitrogens with one attached hydrogen (secondary N) is 2. The van der Waals surface area contributed by atoms with Crippen LogP contribution in [0.1, 0.15) is 19.3 Å². The molecule has 108 valence electrons. The zero-order valence-corrected chi connectivity index (χ0v) is 12.1. The zero-order chi connectivity index (χ0) is 13.8. The molecule has 4 N–H and O–H groups in total. The van der Waals surface area contributed by atoms with E-state index < -0.39 is 0 Å². The highest BCUT2D eigenvalue weighted by molar-refractivity contribution is 7.95. The topological polar surface area (TPSA) is 95.8 Å². The minimum Gasteiger partial charge on any atom is -0.355 e. The molecule has 2 aromatic heterocycles. The van der Waals surface area contributed by atoms with Crippen LogP contribution in [0, 0.1) is 5.92 Å². The van der Waals surface area contributed by atoms with Crippen LogP contribution in [0.15, 0.2) is 12.7 Å². The van der Waals surface area contributed by atoms with Crippen LogP contribution in [0.4, 0.5) is 5.82 Å². The Labute approximate surface area is 122 Å². The molecule has 0 atom stereocenters. The van der Waals surface area contributed by atoms with Crippen LogP contribution in [0.2, 0.25) is 0 Å². The van der Waals surface area contributed by atoms with Crippen LogP contribution in [-0.2, 0) is 0 Å². The Bertz CT molecular complexity index is 549. The van der Waals surface area contributed by atoms with Gasteiger partial charge in [0.15, 0.2) is 11.5 Å². The first-order valence-corrected chi connectivity index (χ1v) is 7.74. The summed E-state index contributed by atoms with van der Waals surface area (Å²) in [4.78, 5) is 18.2. The maximum absolute atomic E-state index is 5.36. The van der Waals surface area contributed by atoms with Gasteiger partial charge in [0.2, 0.25) is 0 Å². The summed E-state index contributed by atoms with van der Waals surface area (Å²) in [6, 6.07) is 0. The predicted molar refractivity (Wildman–Crippen MR) is 81.0 cm³/mol. The first-order chi connectivity index (χ1) is 9.88. The fourth-order valence-electron chi connectivity index (χ4n) is 2.75. The number of H-pyrrole nitrogens is 1. The van der Waals surface area contributed by atoms with Gasteiger partial charge >= 0.3 is 0 Å². The number of piperidine rings is 1. The Morgan fingerprint density at radius 1 is 1.35 bits per heavy atom. The lowest BCUT2D eigenvalue weighted by atomic mass is 9.93. The number of nitrogens with two attached hydrogens (primary N) is 1. The van der Waals surface area contributed by atoms with Gasteiger partial charge in [-0.1, -0.05) is 0 Å². The summed E-state index contributed by atoms with van der Waals surface area (Å²) >= 11 is 1.20. The third-order valence-corrected chi connectivity index (χ3v) is 4.23. The Kier molecular flexibility index (Phi) is 4.34. The summed E-state index contributed by atoms with van der Waals surface area (Å²) < 4.78 is 3.11. The highest BCUT2D eigenvalue weighted by Gasteiger charge is 2.21. The van der Waals surface area contributed by atoms with Gasteiger partial charge in [-0.05, 0) is 25.2 Å². The Morgan fingerprint density at radius 3 is 3.00 bits per heavy atom. The van der Waals surface area contributed by atoms with Crippen molar-refractivity contribution in [2.24, 2.45) is 11.1 Å². The quantitative estimate of drug-likeness (QED) is 0.560. The lowest BCUT2D eigenvalue weighted by Crippen LogP contribution is -2.35. The Balaban J connectivity index is 1.62. The predicted octanol–water partition coefficient (Wildman–Crippen LogP) is 1.07. The van der Waals surface area contributed by atoms with Gasteiger partial charge in [0.25, 0.3) is 0 Å². The fourth-order valence-corrected chi connectivity index (χ4v) is 2.98. The molecule has 0 aromatic carbocycles. The molecule has 0 unspecified atom stereocenters.